The van der Waals surface area contributed by atoms with E-state index in [1.54, 1.807) is 0 Å². The number of rotatable bonds is 8. The molecule has 0 saturated carbocycles. The second-order valence-electron chi connectivity index (χ2n) is 16.5. The average Bonchev–Trinajstić information content (AvgIpc) is 3.76. The first-order chi connectivity index (χ1) is 31.7. The molecule has 0 amide bonds. The molecule has 300 valence electrons. The van der Waals surface area contributed by atoms with E-state index in [1.807, 2.05) is 12.1 Å². The molecule has 2 heteroatoms. The monoisotopic (exact) mass is 815 g/mol. The van der Waals surface area contributed by atoms with Gasteiger partial charge in [-0.3, -0.25) is 0 Å². The van der Waals surface area contributed by atoms with E-state index >= 15 is 0 Å². The van der Waals surface area contributed by atoms with Crippen molar-refractivity contribution in [2.24, 2.45) is 0 Å². The van der Waals surface area contributed by atoms with Gasteiger partial charge in [0.15, 0.2) is 0 Å². The molecule has 0 radical (unpaired) electrons. The number of hydrogen-bond donors (Lipinski definition) is 0. The number of benzene rings is 11. The van der Waals surface area contributed by atoms with Crippen LogP contribution in [0, 0.1) is 0 Å². The number of hydrogen-bond acceptors (Lipinski definition) is 2. The molecule has 0 fully saturated rings. The molecule has 1 heterocycles. The molecule has 0 atom stereocenters. The van der Waals surface area contributed by atoms with E-state index in [-0.39, 0.29) is 0 Å². The summed E-state index contributed by atoms with van der Waals surface area (Å²) in [4.78, 5) is 2.41. The van der Waals surface area contributed by atoms with Gasteiger partial charge in [0.2, 0.25) is 0 Å². The quantitative estimate of drug-likeness (QED) is 0.152. The number of fused-ring (bicyclic) bond motifs is 5. The molecule has 0 bridgehead atoms. The Hall–Kier alpha value is -8.46. The summed E-state index contributed by atoms with van der Waals surface area (Å²) in [6.07, 6.45) is 0. The van der Waals surface area contributed by atoms with Crippen molar-refractivity contribution in [3.05, 3.63) is 249 Å². The van der Waals surface area contributed by atoms with Crippen molar-refractivity contribution < 1.29 is 4.42 Å². The molecule has 0 aliphatic heterocycles. The topological polar surface area (TPSA) is 16.4 Å². The Labute approximate surface area is 372 Å². The van der Waals surface area contributed by atoms with Gasteiger partial charge in [0, 0.05) is 33.3 Å². The minimum Gasteiger partial charge on any atom is -0.455 e. The Morgan fingerprint density at radius 3 is 1.42 bits per heavy atom. The summed E-state index contributed by atoms with van der Waals surface area (Å²) in [7, 11) is 0. The lowest BCUT2D eigenvalue weighted by Crippen LogP contribution is -2.11. The van der Waals surface area contributed by atoms with E-state index in [1.165, 1.54) is 43.8 Å². The van der Waals surface area contributed by atoms with Crippen LogP contribution in [0.4, 0.5) is 17.1 Å². The summed E-state index contributed by atoms with van der Waals surface area (Å²) in [5.41, 5.74) is 16.6. The van der Waals surface area contributed by atoms with Crippen LogP contribution in [0.2, 0.25) is 0 Å². The highest BCUT2D eigenvalue weighted by Crippen LogP contribution is 2.45. The molecule has 64 heavy (non-hydrogen) atoms. The van der Waals surface area contributed by atoms with Gasteiger partial charge in [0.1, 0.15) is 11.2 Å². The van der Waals surface area contributed by atoms with Gasteiger partial charge in [-0.15, -0.1) is 0 Å². The summed E-state index contributed by atoms with van der Waals surface area (Å²) in [6, 6.07) is 89.8. The van der Waals surface area contributed by atoms with Gasteiger partial charge in [-0.05, 0) is 121 Å². The Kier molecular flexibility index (Phi) is 9.20. The van der Waals surface area contributed by atoms with Crippen molar-refractivity contribution in [2.45, 2.75) is 0 Å². The van der Waals surface area contributed by atoms with E-state index < -0.39 is 0 Å². The van der Waals surface area contributed by atoms with E-state index in [0.717, 1.165) is 72.4 Å². The number of para-hydroxylation sites is 2. The molecule has 11 aromatic carbocycles. The second-order valence-corrected chi connectivity index (χ2v) is 16.5. The molecular weight excluding hydrogens is 775 g/mol. The van der Waals surface area contributed by atoms with Crippen LogP contribution in [-0.2, 0) is 0 Å². The van der Waals surface area contributed by atoms with E-state index in [9.17, 15) is 0 Å². The maximum absolute atomic E-state index is 6.49. The molecule has 0 spiro atoms. The first-order valence-electron chi connectivity index (χ1n) is 21.9. The maximum Gasteiger partial charge on any atom is 0.143 e. The second kappa shape index (κ2) is 15.8. The third-order valence-electron chi connectivity index (χ3n) is 12.7. The van der Waals surface area contributed by atoms with Crippen LogP contribution in [0.5, 0.6) is 0 Å². The van der Waals surface area contributed by atoms with E-state index in [2.05, 4.69) is 241 Å². The van der Waals surface area contributed by atoms with Gasteiger partial charge in [0.05, 0.1) is 5.69 Å². The van der Waals surface area contributed by atoms with Crippen LogP contribution in [0.25, 0.3) is 99.1 Å². The highest BCUT2D eigenvalue weighted by atomic mass is 16.3. The molecule has 0 unspecified atom stereocenters. The summed E-state index contributed by atoms with van der Waals surface area (Å²) in [5.74, 6) is 0. The minimum absolute atomic E-state index is 0.899. The van der Waals surface area contributed by atoms with Crippen LogP contribution >= 0.6 is 0 Å². The third kappa shape index (κ3) is 6.79. The largest absolute Gasteiger partial charge is 0.455 e. The lowest BCUT2D eigenvalue weighted by Gasteiger charge is -2.29. The summed E-state index contributed by atoms with van der Waals surface area (Å²) in [6.45, 7) is 0. The van der Waals surface area contributed by atoms with Gasteiger partial charge in [-0.25, -0.2) is 0 Å². The van der Waals surface area contributed by atoms with Gasteiger partial charge in [-0.2, -0.15) is 0 Å². The molecule has 0 saturated heterocycles. The molecule has 2 nitrogen and oxygen atoms in total. The lowest BCUT2D eigenvalue weighted by atomic mass is 9.95. The van der Waals surface area contributed by atoms with Crippen molar-refractivity contribution in [1.29, 1.82) is 0 Å². The van der Waals surface area contributed by atoms with Gasteiger partial charge in [0.25, 0.3) is 0 Å². The SMILES string of the molecule is c1ccc(-c2ccc(-c3ccc4ccccc4c3)cc2N(c2ccc(-c3cccc(-c4ccc5ccccc5c4)c3)cc2)c2ccc(-c3cccc4c3oc3ccccc34)cc2)cc1. The number of anilines is 3. The predicted molar refractivity (Wildman–Crippen MR) is 271 cm³/mol. The van der Waals surface area contributed by atoms with Gasteiger partial charge in [-0.1, -0.05) is 194 Å². The molecule has 0 aliphatic rings. The predicted octanol–water partition coefficient (Wildman–Crippen LogP) is 17.7. The lowest BCUT2D eigenvalue weighted by molar-refractivity contribution is 0.670. The van der Waals surface area contributed by atoms with Crippen LogP contribution < -0.4 is 4.90 Å². The Morgan fingerprint density at radius 2 is 0.734 bits per heavy atom. The molecular formula is C62H41NO. The molecule has 1 aromatic heterocycles. The summed E-state index contributed by atoms with van der Waals surface area (Å²) in [5, 5.41) is 7.20. The van der Waals surface area contributed by atoms with Gasteiger partial charge < -0.3 is 9.32 Å². The van der Waals surface area contributed by atoms with E-state index in [0.29, 0.717) is 0 Å². The fourth-order valence-electron chi connectivity index (χ4n) is 9.37. The highest BCUT2D eigenvalue weighted by molar-refractivity contribution is 6.09. The highest BCUT2D eigenvalue weighted by Gasteiger charge is 2.20. The van der Waals surface area contributed by atoms with Crippen LogP contribution in [0.15, 0.2) is 253 Å². The fourth-order valence-corrected chi connectivity index (χ4v) is 9.37. The van der Waals surface area contributed by atoms with Crippen LogP contribution in [0.3, 0.4) is 0 Å². The van der Waals surface area contributed by atoms with Crippen molar-refractivity contribution in [2.75, 3.05) is 4.90 Å². The number of furan rings is 1. The fraction of sp³-hybridized carbons (Fsp3) is 0. The van der Waals surface area contributed by atoms with E-state index in [4.69, 9.17) is 4.42 Å². The zero-order valence-corrected chi connectivity index (χ0v) is 35.0. The van der Waals surface area contributed by atoms with Crippen molar-refractivity contribution in [1.82, 2.24) is 0 Å². The zero-order valence-electron chi connectivity index (χ0n) is 35.0. The Morgan fingerprint density at radius 1 is 0.266 bits per heavy atom. The first-order valence-corrected chi connectivity index (χ1v) is 21.9. The maximum atomic E-state index is 6.49. The smallest absolute Gasteiger partial charge is 0.143 e. The van der Waals surface area contributed by atoms with Crippen molar-refractivity contribution >= 4 is 60.5 Å². The Balaban J connectivity index is 0.995. The normalized spacial score (nSPS) is 11.4. The van der Waals surface area contributed by atoms with Crippen LogP contribution in [0.1, 0.15) is 0 Å². The average molecular weight is 816 g/mol. The Bertz CT molecular complexity index is 3660. The standard InChI is InChI=1S/C62H41NO/c1-2-14-45(15-3-1)56-37-32-53(52-27-25-43-13-5-7-17-48(43)40-52)41-60(56)63(55-35-30-46(31-36-55)57-21-11-22-59-58-20-8-9-23-61(58)64-62(57)59)54-33-28-44(29-34-54)49-18-10-19-50(38-49)51-26-24-42-12-4-6-16-47(42)39-51/h1-41H. The summed E-state index contributed by atoms with van der Waals surface area (Å²) >= 11 is 0. The molecule has 12 rings (SSSR count). The molecule has 0 aliphatic carbocycles. The first kappa shape index (κ1) is 37.3. The minimum atomic E-state index is 0.899. The van der Waals surface area contributed by atoms with Crippen molar-refractivity contribution in [3.63, 3.8) is 0 Å². The van der Waals surface area contributed by atoms with Crippen molar-refractivity contribution in [3.8, 4) is 55.6 Å². The third-order valence-corrected chi connectivity index (χ3v) is 12.7. The zero-order chi connectivity index (χ0) is 42.4. The summed E-state index contributed by atoms with van der Waals surface area (Å²) < 4.78 is 6.49. The van der Waals surface area contributed by atoms with Crippen LogP contribution in [-0.4, -0.2) is 0 Å². The molecule has 0 N–H and O–H groups in total. The van der Waals surface area contributed by atoms with Gasteiger partial charge >= 0.3 is 0 Å². The molecule has 12 aromatic rings. The number of nitrogens with zero attached hydrogens (tertiary/aromatic N) is 1.